The fourth-order valence-corrected chi connectivity index (χ4v) is 9.05. The van der Waals surface area contributed by atoms with E-state index in [0.29, 0.717) is 42.3 Å². The molecule has 6 nitrogen and oxygen atoms in total. The van der Waals surface area contributed by atoms with E-state index in [1.807, 2.05) is 13.0 Å². The molecule has 1 saturated carbocycles. The predicted molar refractivity (Wildman–Crippen MR) is 141 cm³/mol. The van der Waals surface area contributed by atoms with Crippen LogP contribution in [0.2, 0.25) is 19.1 Å². The topological polar surface area (TPSA) is 74.2 Å². The van der Waals surface area contributed by atoms with Crippen LogP contribution in [0.5, 0.6) is 0 Å². The quantitative estimate of drug-likeness (QED) is 0.242. The standard InChI is InChI=1S/C28H50O6Si/c1-6-9-22(28(29)30)13-11-21-12-14-23-24(18-33-35(4,5)19-20(2)3)26(16-25(23)32-17-21)34-27-10-7-8-15-31-27/h13,20-21,23-27H,6-12,14-19H2,1-5H3,(H,29,30)/t21-,23+,24+,25-,26+,27?/m0/s1. The third-order valence-corrected chi connectivity index (χ3v) is 10.7. The predicted octanol–water partition coefficient (Wildman–Crippen LogP) is 6.41. The van der Waals surface area contributed by atoms with Crippen molar-refractivity contribution in [2.45, 2.75) is 116 Å². The number of carboxylic acids is 1. The highest BCUT2D eigenvalue weighted by atomic mass is 28.4. The Balaban J connectivity index is 1.65. The van der Waals surface area contributed by atoms with Gasteiger partial charge in [0.25, 0.3) is 0 Å². The van der Waals surface area contributed by atoms with Gasteiger partial charge in [0, 0.05) is 31.1 Å². The zero-order valence-corrected chi connectivity index (χ0v) is 23.8. The van der Waals surface area contributed by atoms with Gasteiger partial charge in [-0.3, -0.25) is 0 Å². The van der Waals surface area contributed by atoms with Gasteiger partial charge in [0.2, 0.25) is 0 Å². The smallest absolute Gasteiger partial charge is 0.331 e. The molecule has 1 unspecified atom stereocenters. The van der Waals surface area contributed by atoms with Crippen LogP contribution < -0.4 is 0 Å². The van der Waals surface area contributed by atoms with E-state index in [1.165, 1.54) is 12.5 Å². The Labute approximate surface area is 214 Å². The average Bonchev–Trinajstić information content (AvgIpc) is 2.98. The first-order valence-corrected chi connectivity index (χ1v) is 17.2. The lowest BCUT2D eigenvalue weighted by Crippen LogP contribution is -2.39. The van der Waals surface area contributed by atoms with Gasteiger partial charge in [0.15, 0.2) is 14.6 Å². The molecule has 0 aromatic heterocycles. The number of hydrogen-bond donors (Lipinski definition) is 1. The third-order valence-electron chi connectivity index (χ3n) is 7.95. The number of fused-ring (bicyclic) bond motifs is 1. The molecule has 2 saturated heterocycles. The average molecular weight is 511 g/mol. The summed E-state index contributed by atoms with van der Waals surface area (Å²) in [6.07, 6.45) is 10.8. The van der Waals surface area contributed by atoms with Crippen molar-refractivity contribution < 1.29 is 28.5 Å². The number of ether oxygens (including phenoxy) is 3. The summed E-state index contributed by atoms with van der Waals surface area (Å²) in [5.74, 6) is 0.994. The highest BCUT2D eigenvalue weighted by Crippen LogP contribution is 2.44. The molecule has 0 aromatic carbocycles. The Kier molecular flexibility index (Phi) is 11.3. The Morgan fingerprint density at radius 1 is 1.17 bits per heavy atom. The van der Waals surface area contributed by atoms with Crippen LogP contribution in [0.4, 0.5) is 0 Å². The van der Waals surface area contributed by atoms with Crippen LogP contribution in [-0.4, -0.2) is 57.7 Å². The molecule has 0 radical (unpaired) electrons. The number of carboxylic acid groups (broad SMARTS) is 1. The minimum Gasteiger partial charge on any atom is -0.478 e. The summed E-state index contributed by atoms with van der Waals surface area (Å²) in [5.41, 5.74) is 0.543. The van der Waals surface area contributed by atoms with Gasteiger partial charge in [0.1, 0.15) is 0 Å². The molecule has 3 rings (SSSR count). The van der Waals surface area contributed by atoms with Gasteiger partial charge in [0.05, 0.1) is 18.8 Å². The van der Waals surface area contributed by atoms with Crippen LogP contribution in [0, 0.1) is 23.7 Å². The summed E-state index contributed by atoms with van der Waals surface area (Å²) < 4.78 is 25.7. The van der Waals surface area contributed by atoms with Crippen LogP contribution in [0.3, 0.4) is 0 Å². The molecule has 35 heavy (non-hydrogen) atoms. The van der Waals surface area contributed by atoms with Crippen LogP contribution in [0.1, 0.15) is 78.6 Å². The molecular formula is C28H50O6Si. The fraction of sp³-hybridized carbons (Fsp3) is 0.893. The van der Waals surface area contributed by atoms with Gasteiger partial charge in [-0.25, -0.2) is 4.79 Å². The molecule has 0 aromatic rings. The Hall–Kier alpha value is -0.733. The molecule has 0 amide bonds. The van der Waals surface area contributed by atoms with E-state index >= 15 is 0 Å². The van der Waals surface area contributed by atoms with Crippen molar-refractivity contribution in [1.82, 2.24) is 0 Å². The molecule has 3 aliphatic rings. The van der Waals surface area contributed by atoms with Gasteiger partial charge in [-0.15, -0.1) is 0 Å². The van der Waals surface area contributed by atoms with E-state index < -0.39 is 14.3 Å². The van der Waals surface area contributed by atoms with Crippen molar-refractivity contribution in [3.63, 3.8) is 0 Å². The fourth-order valence-electron chi connectivity index (χ4n) is 6.32. The molecule has 202 valence electrons. The molecule has 3 fully saturated rings. The zero-order valence-electron chi connectivity index (χ0n) is 22.8. The molecule has 6 atom stereocenters. The van der Waals surface area contributed by atoms with E-state index in [0.717, 1.165) is 58.2 Å². The lowest BCUT2D eigenvalue weighted by molar-refractivity contribution is -0.198. The maximum atomic E-state index is 11.5. The Morgan fingerprint density at radius 3 is 2.63 bits per heavy atom. The number of hydrogen-bond acceptors (Lipinski definition) is 5. The monoisotopic (exact) mass is 510 g/mol. The van der Waals surface area contributed by atoms with Crippen LogP contribution in [-0.2, 0) is 23.4 Å². The first-order chi connectivity index (χ1) is 16.7. The molecule has 1 aliphatic carbocycles. The van der Waals surface area contributed by atoms with E-state index in [4.69, 9.17) is 18.6 Å². The second-order valence-corrected chi connectivity index (χ2v) is 16.3. The summed E-state index contributed by atoms with van der Waals surface area (Å²) in [5, 5.41) is 9.46. The van der Waals surface area contributed by atoms with Gasteiger partial charge in [-0.1, -0.05) is 33.3 Å². The van der Waals surface area contributed by atoms with Crippen molar-refractivity contribution >= 4 is 14.3 Å². The number of carbonyl (C=O) groups is 1. The maximum absolute atomic E-state index is 11.5. The first-order valence-electron chi connectivity index (χ1n) is 14.1. The molecule has 1 N–H and O–H groups in total. The lowest BCUT2D eigenvalue weighted by Gasteiger charge is -2.33. The highest BCUT2D eigenvalue weighted by molar-refractivity contribution is 6.71. The van der Waals surface area contributed by atoms with Crippen LogP contribution in [0.15, 0.2) is 11.6 Å². The van der Waals surface area contributed by atoms with E-state index in [-0.39, 0.29) is 18.5 Å². The Bertz CT molecular complexity index is 687. The maximum Gasteiger partial charge on any atom is 0.331 e. The number of rotatable bonds is 12. The van der Waals surface area contributed by atoms with Crippen molar-refractivity contribution in [1.29, 1.82) is 0 Å². The SMILES string of the molecule is CCCC(=CC[C@H]1CC[C@@H]2[C@@H](CO[Si](C)(C)CC(C)C)[C@H](OC3CCCCO3)C[C@@H]2OC1)C(=O)O. The van der Waals surface area contributed by atoms with Crippen molar-refractivity contribution in [2.24, 2.45) is 23.7 Å². The van der Waals surface area contributed by atoms with Gasteiger partial charge < -0.3 is 23.7 Å². The summed E-state index contributed by atoms with van der Waals surface area (Å²) in [4.78, 5) is 11.5. The van der Waals surface area contributed by atoms with Gasteiger partial charge in [-0.05, 0) is 81.8 Å². The molecule has 0 spiro atoms. The van der Waals surface area contributed by atoms with Crippen LogP contribution >= 0.6 is 0 Å². The number of aliphatic carboxylic acids is 1. The second kappa shape index (κ2) is 13.7. The minimum absolute atomic E-state index is 0.0922. The molecule has 2 aliphatic heterocycles. The highest BCUT2D eigenvalue weighted by Gasteiger charge is 2.47. The van der Waals surface area contributed by atoms with Crippen molar-refractivity contribution in [3.05, 3.63) is 11.6 Å². The number of allylic oxidation sites excluding steroid dienone is 1. The van der Waals surface area contributed by atoms with E-state index in [9.17, 15) is 9.90 Å². The molecule has 7 heteroatoms. The summed E-state index contributed by atoms with van der Waals surface area (Å²) >= 11 is 0. The second-order valence-electron chi connectivity index (χ2n) is 12.0. The third kappa shape index (κ3) is 8.95. The Morgan fingerprint density at radius 2 is 1.97 bits per heavy atom. The summed E-state index contributed by atoms with van der Waals surface area (Å²) in [6, 6.07) is 1.17. The zero-order chi connectivity index (χ0) is 25.4. The molecule has 2 heterocycles. The normalized spacial score (nSPS) is 32.5. The van der Waals surface area contributed by atoms with E-state index in [1.54, 1.807) is 0 Å². The minimum atomic E-state index is -1.73. The first kappa shape index (κ1) is 28.8. The van der Waals surface area contributed by atoms with Crippen molar-refractivity contribution in [2.75, 3.05) is 19.8 Å². The van der Waals surface area contributed by atoms with Gasteiger partial charge in [-0.2, -0.15) is 0 Å². The van der Waals surface area contributed by atoms with Gasteiger partial charge >= 0.3 is 5.97 Å². The lowest BCUT2D eigenvalue weighted by atomic mass is 9.87. The van der Waals surface area contributed by atoms with E-state index in [2.05, 4.69) is 26.9 Å². The van der Waals surface area contributed by atoms with Crippen LogP contribution in [0.25, 0.3) is 0 Å². The summed E-state index contributed by atoms with van der Waals surface area (Å²) in [7, 11) is -1.73. The molecule has 0 bridgehead atoms. The summed E-state index contributed by atoms with van der Waals surface area (Å²) in [6.45, 7) is 13.5. The van der Waals surface area contributed by atoms with Crippen molar-refractivity contribution in [3.8, 4) is 0 Å². The largest absolute Gasteiger partial charge is 0.478 e. The molecular weight excluding hydrogens is 460 g/mol.